The summed E-state index contributed by atoms with van der Waals surface area (Å²) < 4.78 is 42.2. The van der Waals surface area contributed by atoms with Gasteiger partial charge >= 0.3 is 12.1 Å². The molecule has 0 fully saturated rings. The zero-order chi connectivity index (χ0) is 15.2. The highest BCUT2D eigenvalue weighted by molar-refractivity contribution is 5.73. The van der Waals surface area contributed by atoms with Gasteiger partial charge in [0.15, 0.2) is 17.4 Å². The third-order valence-corrected chi connectivity index (χ3v) is 1.85. The van der Waals surface area contributed by atoms with Gasteiger partial charge in [0.2, 0.25) is 0 Å². The molecule has 0 aromatic carbocycles. The minimum absolute atomic E-state index is 0.372. The standard InChI is InChI=1S/C10H9NO2.C2HF3O2/c11-10-6-3-5-9(13-10)8-4-1-2-7-12-8;3-2(4,5)1(6)7/h1-7H,11H2;(H,6,7). The number of rotatable bonds is 0. The summed E-state index contributed by atoms with van der Waals surface area (Å²) in [6.45, 7) is 0. The van der Waals surface area contributed by atoms with Crippen LogP contribution >= 0.6 is 0 Å². The number of allylic oxidation sites excluding steroid dienone is 6. The van der Waals surface area contributed by atoms with Crippen molar-refractivity contribution in [1.82, 2.24) is 0 Å². The van der Waals surface area contributed by atoms with Crippen molar-refractivity contribution in [2.45, 2.75) is 6.18 Å². The van der Waals surface area contributed by atoms with Gasteiger partial charge in [-0.05, 0) is 24.3 Å². The third kappa shape index (κ3) is 4.92. The Balaban J connectivity index is 0.000000246. The Labute approximate surface area is 111 Å². The van der Waals surface area contributed by atoms with Gasteiger partial charge in [0.25, 0.3) is 0 Å². The van der Waals surface area contributed by atoms with Gasteiger partial charge in [-0.2, -0.15) is 13.2 Å². The van der Waals surface area contributed by atoms with Crippen LogP contribution in [0.15, 0.2) is 60.1 Å². The number of hydrogen-bond acceptors (Lipinski definition) is 4. The molecule has 0 amide bonds. The fourth-order valence-electron chi connectivity index (χ4n) is 1.04. The molecule has 0 unspecified atom stereocenters. The van der Waals surface area contributed by atoms with E-state index in [0.717, 1.165) is 0 Å². The summed E-state index contributed by atoms with van der Waals surface area (Å²) in [5.74, 6) is -1.10. The number of hydrogen-bond donors (Lipinski definition) is 2. The predicted molar refractivity (Wildman–Crippen MR) is 62.6 cm³/mol. The Morgan fingerprint density at radius 2 is 1.75 bits per heavy atom. The molecule has 2 rings (SSSR count). The van der Waals surface area contributed by atoms with Gasteiger partial charge in [0.05, 0.1) is 6.26 Å². The second-order valence-corrected chi connectivity index (χ2v) is 3.37. The van der Waals surface area contributed by atoms with Gasteiger partial charge in [0.1, 0.15) is 0 Å². The monoisotopic (exact) mass is 289 g/mol. The summed E-state index contributed by atoms with van der Waals surface area (Å²) in [4.78, 5) is 8.90. The largest absolute Gasteiger partial charge is 0.490 e. The minimum Gasteiger partial charge on any atom is -0.475 e. The van der Waals surface area contributed by atoms with E-state index in [-0.39, 0.29) is 0 Å². The van der Waals surface area contributed by atoms with Crippen LogP contribution in [0.5, 0.6) is 0 Å². The van der Waals surface area contributed by atoms with Crippen LogP contribution in [-0.4, -0.2) is 17.3 Å². The molecule has 0 aliphatic carbocycles. The van der Waals surface area contributed by atoms with Crippen molar-refractivity contribution in [2.24, 2.45) is 5.73 Å². The third-order valence-electron chi connectivity index (χ3n) is 1.85. The molecular weight excluding hydrogens is 279 g/mol. The first-order chi connectivity index (χ1) is 9.30. The Kier molecular flexibility index (Phi) is 5.01. The first kappa shape index (κ1) is 15.4. The van der Waals surface area contributed by atoms with E-state index in [1.54, 1.807) is 24.5 Å². The van der Waals surface area contributed by atoms with Crippen molar-refractivity contribution in [1.29, 1.82) is 0 Å². The van der Waals surface area contributed by atoms with E-state index < -0.39 is 12.1 Å². The molecule has 0 radical (unpaired) electrons. The average molecular weight is 289 g/mol. The highest BCUT2D eigenvalue weighted by atomic mass is 19.4. The smallest absolute Gasteiger partial charge is 0.475 e. The van der Waals surface area contributed by atoms with Gasteiger partial charge in [-0.1, -0.05) is 12.2 Å². The zero-order valence-corrected chi connectivity index (χ0v) is 9.92. The van der Waals surface area contributed by atoms with Gasteiger partial charge in [-0.15, -0.1) is 0 Å². The summed E-state index contributed by atoms with van der Waals surface area (Å²) in [7, 11) is 0. The first-order valence-electron chi connectivity index (χ1n) is 5.16. The molecule has 5 nitrogen and oxygen atoms in total. The average Bonchev–Trinajstić information content (AvgIpc) is 2.39. The van der Waals surface area contributed by atoms with Crippen LogP contribution in [0.2, 0.25) is 0 Å². The molecule has 2 heterocycles. The lowest BCUT2D eigenvalue weighted by molar-refractivity contribution is -0.192. The maximum atomic E-state index is 10.6. The molecule has 8 heteroatoms. The van der Waals surface area contributed by atoms with Crippen molar-refractivity contribution in [3.63, 3.8) is 0 Å². The number of ether oxygens (including phenoxy) is 2. The number of carbonyl (C=O) groups is 1. The van der Waals surface area contributed by atoms with Crippen LogP contribution in [0.3, 0.4) is 0 Å². The van der Waals surface area contributed by atoms with E-state index >= 15 is 0 Å². The molecule has 0 saturated heterocycles. The number of halogens is 3. The van der Waals surface area contributed by atoms with Gasteiger partial charge < -0.3 is 20.3 Å². The Hall–Kier alpha value is -2.64. The van der Waals surface area contributed by atoms with E-state index in [1.165, 1.54) is 0 Å². The van der Waals surface area contributed by atoms with E-state index in [1.807, 2.05) is 18.2 Å². The summed E-state index contributed by atoms with van der Waals surface area (Å²) in [5.41, 5.74) is 5.49. The van der Waals surface area contributed by atoms with Gasteiger partial charge in [-0.3, -0.25) is 0 Å². The molecule has 0 aromatic rings. The second kappa shape index (κ2) is 6.50. The minimum atomic E-state index is -5.08. The molecule has 0 aromatic heterocycles. The van der Waals surface area contributed by atoms with Crippen LogP contribution in [0, 0.1) is 0 Å². The molecule has 0 bridgehead atoms. The summed E-state index contributed by atoms with van der Waals surface area (Å²) in [6, 6.07) is 0. The highest BCUT2D eigenvalue weighted by Gasteiger charge is 2.38. The number of alkyl halides is 3. The Morgan fingerprint density at radius 1 is 1.15 bits per heavy atom. The van der Waals surface area contributed by atoms with Crippen molar-refractivity contribution in [3.8, 4) is 0 Å². The lowest BCUT2D eigenvalue weighted by atomic mass is 10.3. The zero-order valence-electron chi connectivity index (χ0n) is 9.92. The van der Waals surface area contributed by atoms with Crippen LogP contribution in [0.1, 0.15) is 0 Å². The van der Waals surface area contributed by atoms with Crippen LogP contribution in [-0.2, 0) is 14.3 Å². The van der Waals surface area contributed by atoms with E-state index in [0.29, 0.717) is 17.4 Å². The van der Waals surface area contributed by atoms with E-state index in [9.17, 15) is 13.2 Å². The van der Waals surface area contributed by atoms with Crippen LogP contribution in [0.4, 0.5) is 13.2 Å². The lowest BCUT2D eigenvalue weighted by Crippen LogP contribution is -2.21. The molecule has 0 saturated carbocycles. The molecule has 0 spiro atoms. The van der Waals surface area contributed by atoms with Crippen LogP contribution < -0.4 is 5.73 Å². The van der Waals surface area contributed by atoms with E-state index in [4.69, 9.17) is 25.1 Å². The molecule has 0 atom stereocenters. The number of carboxylic acids is 1. The number of nitrogens with two attached hydrogens (primary N) is 1. The predicted octanol–water partition coefficient (Wildman–Crippen LogP) is 2.32. The molecule has 20 heavy (non-hydrogen) atoms. The topological polar surface area (TPSA) is 81.8 Å². The molecule has 2 aliphatic rings. The SMILES string of the molecule is NC1=CC=CC(=C2C=CC=CO2)O1.O=C(O)C(F)(F)F. The number of aliphatic carboxylic acids is 1. The fourth-order valence-corrected chi connectivity index (χ4v) is 1.04. The maximum absolute atomic E-state index is 10.6. The highest BCUT2D eigenvalue weighted by Crippen LogP contribution is 2.19. The van der Waals surface area contributed by atoms with Crippen LogP contribution in [0.25, 0.3) is 0 Å². The summed E-state index contributed by atoms with van der Waals surface area (Å²) in [5, 5.41) is 7.12. The first-order valence-corrected chi connectivity index (χ1v) is 5.16. The molecule has 108 valence electrons. The quantitative estimate of drug-likeness (QED) is 0.715. The number of carboxylic acid groups (broad SMARTS) is 1. The fraction of sp³-hybridized carbons (Fsp3) is 0.0833. The molecule has 3 N–H and O–H groups in total. The normalized spacial score (nSPS) is 20.2. The summed E-state index contributed by atoms with van der Waals surface area (Å²) in [6.07, 6.45) is 7.30. The van der Waals surface area contributed by atoms with Gasteiger partial charge in [-0.25, -0.2) is 4.79 Å². The Morgan fingerprint density at radius 3 is 2.20 bits per heavy atom. The van der Waals surface area contributed by atoms with Crippen molar-refractivity contribution < 1.29 is 32.5 Å². The maximum Gasteiger partial charge on any atom is 0.490 e. The molecule has 2 aliphatic heterocycles. The van der Waals surface area contributed by atoms with Crippen molar-refractivity contribution in [3.05, 3.63) is 60.1 Å². The Bertz CT molecular complexity index is 527. The van der Waals surface area contributed by atoms with Crippen molar-refractivity contribution >= 4 is 5.97 Å². The van der Waals surface area contributed by atoms with E-state index in [2.05, 4.69) is 0 Å². The van der Waals surface area contributed by atoms with Crippen molar-refractivity contribution in [2.75, 3.05) is 0 Å². The summed E-state index contributed by atoms with van der Waals surface area (Å²) >= 11 is 0. The lowest BCUT2D eigenvalue weighted by Gasteiger charge is -2.13. The second-order valence-electron chi connectivity index (χ2n) is 3.37. The molecular formula is C12H10F3NO4. The van der Waals surface area contributed by atoms with Gasteiger partial charge in [0, 0.05) is 0 Å².